The maximum absolute atomic E-state index is 12.4. The van der Waals surface area contributed by atoms with Gasteiger partial charge in [-0.15, -0.1) is 11.3 Å². The SMILES string of the molecule is O=C1C(=Cc2ccc(OCc3cscn3)cc2)C(=O)c2ccccc21. The molecule has 1 aromatic heterocycles. The van der Waals surface area contributed by atoms with Gasteiger partial charge in [-0.1, -0.05) is 36.4 Å². The Hall–Kier alpha value is -3.05. The highest BCUT2D eigenvalue weighted by Gasteiger charge is 2.32. The van der Waals surface area contributed by atoms with Gasteiger partial charge in [0.25, 0.3) is 0 Å². The number of Topliss-reactive ketones (excluding diaryl/α,β-unsaturated/α-hetero) is 2. The molecule has 5 heteroatoms. The van der Waals surface area contributed by atoms with E-state index in [1.54, 1.807) is 35.9 Å². The number of hydrogen-bond acceptors (Lipinski definition) is 5. The van der Waals surface area contributed by atoms with Gasteiger partial charge >= 0.3 is 0 Å². The van der Waals surface area contributed by atoms with Crippen molar-refractivity contribution in [1.29, 1.82) is 0 Å². The Morgan fingerprint density at radius 3 is 2.24 bits per heavy atom. The first-order valence-corrected chi connectivity index (χ1v) is 8.67. The molecule has 0 unspecified atom stereocenters. The quantitative estimate of drug-likeness (QED) is 0.525. The number of rotatable bonds is 4. The lowest BCUT2D eigenvalue weighted by molar-refractivity contribution is 0.0990. The third-order valence-electron chi connectivity index (χ3n) is 3.97. The number of carbonyl (C=O) groups excluding carboxylic acids is 2. The molecule has 3 aromatic rings. The van der Waals surface area contributed by atoms with Crippen molar-refractivity contribution in [3.05, 3.63) is 87.4 Å². The number of hydrogen-bond donors (Lipinski definition) is 0. The molecule has 4 nitrogen and oxygen atoms in total. The molecule has 2 aromatic carbocycles. The Bertz CT molecular complexity index is 935. The van der Waals surface area contributed by atoms with Crippen LogP contribution in [-0.4, -0.2) is 16.6 Å². The van der Waals surface area contributed by atoms with Gasteiger partial charge in [-0.05, 0) is 23.8 Å². The summed E-state index contributed by atoms with van der Waals surface area (Å²) >= 11 is 1.53. The molecule has 1 heterocycles. The Morgan fingerprint density at radius 2 is 1.64 bits per heavy atom. The van der Waals surface area contributed by atoms with Gasteiger partial charge in [-0.25, -0.2) is 4.98 Å². The summed E-state index contributed by atoms with van der Waals surface area (Å²) in [6.07, 6.45) is 1.63. The summed E-state index contributed by atoms with van der Waals surface area (Å²) < 4.78 is 5.66. The molecule has 0 saturated carbocycles. The van der Waals surface area contributed by atoms with Crippen molar-refractivity contribution >= 4 is 29.0 Å². The van der Waals surface area contributed by atoms with Crippen LogP contribution in [-0.2, 0) is 6.61 Å². The van der Waals surface area contributed by atoms with E-state index in [-0.39, 0.29) is 17.1 Å². The average Bonchev–Trinajstić information content (AvgIpc) is 3.25. The second-order valence-electron chi connectivity index (χ2n) is 5.60. The van der Waals surface area contributed by atoms with Crippen molar-refractivity contribution in [2.75, 3.05) is 0 Å². The van der Waals surface area contributed by atoms with Gasteiger partial charge in [-0.3, -0.25) is 9.59 Å². The summed E-state index contributed by atoms with van der Waals surface area (Å²) in [6, 6.07) is 14.2. The molecule has 0 radical (unpaired) electrons. The van der Waals surface area contributed by atoms with Crippen LogP contribution in [0.3, 0.4) is 0 Å². The van der Waals surface area contributed by atoms with Gasteiger partial charge in [-0.2, -0.15) is 0 Å². The second-order valence-corrected chi connectivity index (χ2v) is 6.32. The molecule has 0 atom stereocenters. The van der Waals surface area contributed by atoms with Crippen molar-refractivity contribution < 1.29 is 14.3 Å². The highest BCUT2D eigenvalue weighted by Crippen LogP contribution is 2.28. The molecule has 122 valence electrons. The van der Waals surface area contributed by atoms with Crippen molar-refractivity contribution in [2.24, 2.45) is 0 Å². The van der Waals surface area contributed by atoms with Crippen molar-refractivity contribution in [3.8, 4) is 5.75 Å². The van der Waals surface area contributed by atoms with E-state index < -0.39 is 0 Å². The lowest BCUT2D eigenvalue weighted by atomic mass is 10.1. The number of ketones is 2. The van der Waals surface area contributed by atoms with Crippen LogP contribution in [0.15, 0.2) is 65.0 Å². The summed E-state index contributed by atoms with van der Waals surface area (Å²) in [5.74, 6) is 0.274. The molecule has 1 aliphatic rings. The van der Waals surface area contributed by atoms with Crippen LogP contribution in [0.25, 0.3) is 6.08 Å². The zero-order chi connectivity index (χ0) is 17.2. The minimum Gasteiger partial charge on any atom is -0.487 e. The topological polar surface area (TPSA) is 56.3 Å². The molecule has 0 N–H and O–H groups in total. The van der Waals surface area contributed by atoms with Crippen LogP contribution >= 0.6 is 11.3 Å². The van der Waals surface area contributed by atoms with Crippen LogP contribution in [0.4, 0.5) is 0 Å². The maximum Gasteiger partial charge on any atom is 0.197 e. The van der Waals surface area contributed by atoms with Crippen LogP contribution < -0.4 is 4.74 Å². The molecule has 0 amide bonds. The van der Waals surface area contributed by atoms with E-state index in [1.807, 2.05) is 29.6 Å². The van der Waals surface area contributed by atoms with E-state index >= 15 is 0 Å². The Labute approximate surface area is 148 Å². The molecule has 0 saturated heterocycles. The maximum atomic E-state index is 12.4. The fourth-order valence-corrected chi connectivity index (χ4v) is 3.24. The largest absolute Gasteiger partial charge is 0.487 e. The second kappa shape index (κ2) is 6.45. The first-order valence-electron chi connectivity index (χ1n) is 7.72. The molecular weight excluding hydrogens is 334 g/mol. The molecule has 0 fully saturated rings. The number of aromatic nitrogens is 1. The summed E-state index contributed by atoms with van der Waals surface area (Å²) in [4.78, 5) is 28.9. The first-order chi connectivity index (χ1) is 12.2. The van der Waals surface area contributed by atoms with Crippen LogP contribution in [0.5, 0.6) is 5.75 Å². The smallest absolute Gasteiger partial charge is 0.197 e. The average molecular weight is 347 g/mol. The lowest BCUT2D eigenvalue weighted by Gasteiger charge is -2.04. The molecule has 0 aliphatic heterocycles. The monoisotopic (exact) mass is 347 g/mol. The standard InChI is InChI=1S/C20H13NO3S/c22-19-16-3-1-2-4-17(16)20(23)18(19)9-13-5-7-15(8-6-13)24-10-14-11-25-12-21-14/h1-9,11-12H,10H2. The predicted octanol–water partition coefficient (Wildman–Crippen LogP) is 4.18. The van der Waals surface area contributed by atoms with Crippen LogP contribution in [0.2, 0.25) is 0 Å². The fraction of sp³-hybridized carbons (Fsp3) is 0.0500. The number of thiazole rings is 1. The summed E-state index contributed by atoms with van der Waals surface area (Å²) in [5, 5.41) is 1.94. The van der Waals surface area contributed by atoms with Crippen LogP contribution in [0, 0.1) is 0 Å². The summed E-state index contributed by atoms with van der Waals surface area (Å²) in [6.45, 7) is 0.413. The first kappa shape index (κ1) is 15.5. The van der Waals surface area contributed by atoms with E-state index in [0.29, 0.717) is 23.5 Å². The number of fused-ring (bicyclic) bond motifs is 1. The van der Waals surface area contributed by atoms with E-state index in [9.17, 15) is 9.59 Å². The van der Waals surface area contributed by atoms with E-state index in [2.05, 4.69) is 4.98 Å². The van der Waals surface area contributed by atoms with Crippen LogP contribution in [0.1, 0.15) is 32.0 Å². The van der Waals surface area contributed by atoms with Gasteiger partial charge in [0.05, 0.1) is 16.8 Å². The zero-order valence-corrected chi connectivity index (χ0v) is 14.0. The van der Waals surface area contributed by atoms with E-state index in [1.165, 1.54) is 11.3 Å². The minimum absolute atomic E-state index is 0.206. The van der Waals surface area contributed by atoms with Crippen molar-refractivity contribution in [3.63, 3.8) is 0 Å². The number of carbonyl (C=O) groups is 2. The fourth-order valence-electron chi connectivity index (χ4n) is 2.70. The van der Waals surface area contributed by atoms with Gasteiger partial charge in [0.15, 0.2) is 11.6 Å². The van der Waals surface area contributed by atoms with Crippen molar-refractivity contribution in [1.82, 2.24) is 4.98 Å². The molecular formula is C20H13NO3S. The number of ether oxygens (including phenoxy) is 1. The Kier molecular flexibility index (Phi) is 3.99. The lowest BCUT2D eigenvalue weighted by Crippen LogP contribution is -2.00. The molecule has 1 aliphatic carbocycles. The number of nitrogens with zero attached hydrogens (tertiary/aromatic N) is 1. The molecule has 0 bridgehead atoms. The number of allylic oxidation sites excluding steroid dienone is 1. The predicted molar refractivity (Wildman–Crippen MR) is 96.0 cm³/mol. The summed E-state index contributed by atoms with van der Waals surface area (Å²) in [5.41, 5.74) is 4.59. The third-order valence-corrected chi connectivity index (χ3v) is 4.60. The molecule has 0 spiro atoms. The third kappa shape index (κ3) is 3.02. The minimum atomic E-state index is -0.218. The van der Waals surface area contributed by atoms with E-state index in [4.69, 9.17) is 4.74 Å². The van der Waals surface area contributed by atoms with Crippen molar-refractivity contribution in [2.45, 2.75) is 6.61 Å². The van der Waals surface area contributed by atoms with Gasteiger partial charge in [0.2, 0.25) is 0 Å². The Balaban J connectivity index is 1.52. The molecule has 4 rings (SSSR count). The Morgan fingerprint density at radius 1 is 0.960 bits per heavy atom. The van der Waals surface area contributed by atoms with E-state index in [0.717, 1.165) is 11.3 Å². The van der Waals surface area contributed by atoms with Gasteiger partial charge in [0, 0.05) is 16.5 Å². The summed E-state index contributed by atoms with van der Waals surface area (Å²) in [7, 11) is 0. The molecule has 25 heavy (non-hydrogen) atoms. The highest BCUT2D eigenvalue weighted by molar-refractivity contribution is 7.07. The number of benzene rings is 2. The van der Waals surface area contributed by atoms with Gasteiger partial charge in [0.1, 0.15) is 12.4 Å². The highest BCUT2D eigenvalue weighted by atomic mass is 32.1. The van der Waals surface area contributed by atoms with Gasteiger partial charge < -0.3 is 4.74 Å². The zero-order valence-electron chi connectivity index (χ0n) is 13.1. The normalized spacial score (nSPS) is 13.0.